The second kappa shape index (κ2) is 3.72. The Morgan fingerprint density at radius 2 is 2.36 bits per heavy atom. The first-order valence-corrected chi connectivity index (χ1v) is 4.06. The summed E-state index contributed by atoms with van der Waals surface area (Å²) in [7, 11) is 0. The molecule has 2 atom stereocenters. The summed E-state index contributed by atoms with van der Waals surface area (Å²) in [6.07, 6.45) is 3.25. The predicted octanol–water partition coefficient (Wildman–Crippen LogP) is 1.46. The van der Waals surface area contributed by atoms with Gasteiger partial charge in [0.1, 0.15) is 6.10 Å². The Kier molecular flexibility index (Phi) is 2.88. The van der Waals surface area contributed by atoms with E-state index in [0.29, 0.717) is 0 Å². The average Bonchev–Trinajstić information content (AvgIpc) is 2.62. The van der Waals surface area contributed by atoms with Crippen molar-refractivity contribution in [3.8, 4) is 0 Å². The Morgan fingerprint density at radius 3 is 2.91 bits per heavy atom. The first kappa shape index (κ1) is 8.53. The number of ether oxygens (including phenoxy) is 2. The first-order chi connectivity index (χ1) is 5.24. The number of rotatable bonds is 4. The monoisotopic (exact) mass is 158 g/mol. The van der Waals surface area contributed by atoms with Gasteiger partial charge in [-0.05, 0) is 6.42 Å². The molecule has 1 aliphatic rings. The van der Waals surface area contributed by atoms with Gasteiger partial charge in [-0.1, -0.05) is 19.8 Å². The van der Waals surface area contributed by atoms with Crippen molar-refractivity contribution in [2.75, 3.05) is 0 Å². The van der Waals surface area contributed by atoms with E-state index in [0.717, 1.165) is 19.3 Å². The standard InChI is InChI=1S/C8H14O3/c1-3-4-5-7-8(11-7)10-6(2)9/h7-8H,3-5H2,1-2H3. The van der Waals surface area contributed by atoms with Gasteiger partial charge in [0.2, 0.25) is 6.29 Å². The topological polar surface area (TPSA) is 38.8 Å². The predicted molar refractivity (Wildman–Crippen MR) is 40.0 cm³/mol. The molecule has 1 rings (SSSR count). The number of esters is 1. The minimum Gasteiger partial charge on any atom is -0.433 e. The summed E-state index contributed by atoms with van der Waals surface area (Å²) in [5, 5.41) is 0. The lowest BCUT2D eigenvalue weighted by atomic mass is 10.2. The van der Waals surface area contributed by atoms with Gasteiger partial charge in [0.15, 0.2) is 0 Å². The molecule has 1 heterocycles. The minimum atomic E-state index is -0.256. The van der Waals surface area contributed by atoms with E-state index >= 15 is 0 Å². The lowest BCUT2D eigenvalue weighted by molar-refractivity contribution is -0.145. The van der Waals surface area contributed by atoms with Crippen molar-refractivity contribution in [2.24, 2.45) is 0 Å². The zero-order chi connectivity index (χ0) is 8.27. The van der Waals surface area contributed by atoms with Crippen LogP contribution in [0, 0.1) is 0 Å². The molecule has 1 aliphatic heterocycles. The highest BCUT2D eigenvalue weighted by Gasteiger charge is 2.41. The molecule has 0 aromatic heterocycles. The normalized spacial score (nSPS) is 28.2. The summed E-state index contributed by atoms with van der Waals surface area (Å²) in [6.45, 7) is 3.53. The molecule has 0 radical (unpaired) electrons. The maximum Gasteiger partial charge on any atom is 0.305 e. The molecule has 0 aromatic rings. The fourth-order valence-corrected chi connectivity index (χ4v) is 1.00. The molecule has 0 N–H and O–H groups in total. The SMILES string of the molecule is CCCCC1OC1OC(C)=O. The van der Waals surface area contributed by atoms with Crippen LogP contribution < -0.4 is 0 Å². The van der Waals surface area contributed by atoms with Gasteiger partial charge in [-0.2, -0.15) is 0 Å². The Bertz CT molecular complexity index is 144. The molecule has 1 saturated heterocycles. The zero-order valence-corrected chi connectivity index (χ0v) is 7.00. The molecule has 2 unspecified atom stereocenters. The largest absolute Gasteiger partial charge is 0.433 e. The van der Waals surface area contributed by atoms with Gasteiger partial charge in [0.25, 0.3) is 0 Å². The molecule has 0 amide bonds. The van der Waals surface area contributed by atoms with E-state index in [1.165, 1.54) is 6.92 Å². The van der Waals surface area contributed by atoms with Crippen molar-refractivity contribution >= 4 is 5.97 Å². The van der Waals surface area contributed by atoms with Crippen molar-refractivity contribution in [2.45, 2.75) is 45.5 Å². The van der Waals surface area contributed by atoms with Crippen LogP contribution in [0.1, 0.15) is 33.1 Å². The van der Waals surface area contributed by atoms with Crippen LogP contribution in [0.3, 0.4) is 0 Å². The third-order valence-electron chi connectivity index (χ3n) is 1.66. The molecule has 0 aromatic carbocycles. The molecule has 3 nitrogen and oxygen atoms in total. The van der Waals surface area contributed by atoms with Crippen molar-refractivity contribution < 1.29 is 14.3 Å². The number of unbranched alkanes of at least 4 members (excludes halogenated alkanes) is 1. The Labute approximate surface area is 66.7 Å². The van der Waals surface area contributed by atoms with Crippen molar-refractivity contribution in [3.63, 3.8) is 0 Å². The van der Waals surface area contributed by atoms with E-state index in [1.807, 2.05) is 0 Å². The van der Waals surface area contributed by atoms with E-state index in [4.69, 9.17) is 9.47 Å². The lowest BCUT2D eigenvalue weighted by Gasteiger charge is -1.93. The molecule has 1 fully saturated rings. The van der Waals surface area contributed by atoms with Crippen LogP contribution in [0.2, 0.25) is 0 Å². The maximum absolute atomic E-state index is 10.4. The summed E-state index contributed by atoms with van der Waals surface area (Å²) < 4.78 is 9.90. The second-order valence-corrected chi connectivity index (χ2v) is 2.79. The summed E-state index contributed by atoms with van der Waals surface area (Å²) in [4.78, 5) is 10.4. The maximum atomic E-state index is 10.4. The Morgan fingerprint density at radius 1 is 1.64 bits per heavy atom. The van der Waals surface area contributed by atoms with Gasteiger partial charge in [-0.15, -0.1) is 0 Å². The van der Waals surface area contributed by atoms with Gasteiger partial charge in [0.05, 0.1) is 0 Å². The first-order valence-electron chi connectivity index (χ1n) is 4.06. The number of hydrogen-bond donors (Lipinski definition) is 0. The highest BCUT2D eigenvalue weighted by atomic mass is 16.8. The minimum absolute atomic E-state index is 0.179. The van der Waals surface area contributed by atoms with E-state index in [-0.39, 0.29) is 18.4 Å². The van der Waals surface area contributed by atoms with E-state index < -0.39 is 0 Å². The molecule has 0 saturated carbocycles. The highest BCUT2D eigenvalue weighted by molar-refractivity contribution is 5.66. The van der Waals surface area contributed by atoms with E-state index in [1.54, 1.807) is 0 Å². The average molecular weight is 158 g/mol. The molecular weight excluding hydrogens is 144 g/mol. The third-order valence-corrected chi connectivity index (χ3v) is 1.66. The Balaban J connectivity index is 2.02. The van der Waals surface area contributed by atoms with Crippen molar-refractivity contribution in [1.29, 1.82) is 0 Å². The van der Waals surface area contributed by atoms with Crippen molar-refractivity contribution in [1.82, 2.24) is 0 Å². The van der Waals surface area contributed by atoms with E-state index in [9.17, 15) is 4.79 Å². The highest BCUT2D eigenvalue weighted by Crippen LogP contribution is 2.27. The van der Waals surface area contributed by atoms with Gasteiger partial charge in [-0.3, -0.25) is 4.79 Å². The summed E-state index contributed by atoms with van der Waals surface area (Å²) in [5.41, 5.74) is 0. The summed E-state index contributed by atoms with van der Waals surface area (Å²) >= 11 is 0. The number of epoxide rings is 1. The molecule has 0 spiro atoms. The number of carbonyl (C=O) groups is 1. The van der Waals surface area contributed by atoms with Crippen molar-refractivity contribution in [3.05, 3.63) is 0 Å². The Hall–Kier alpha value is -0.570. The number of carbonyl (C=O) groups excluding carboxylic acids is 1. The molecule has 0 bridgehead atoms. The second-order valence-electron chi connectivity index (χ2n) is 2.79. The van der Waals surface area contributed by atoms with Gasteiger partial charge >= 0.3 is 5.97 Å². The van der Waals surface area contributed by atoms with Crippen LogP contribution in [-0.4, -0.2) is 18.4 Å². The number of hydrogen-bond acceptors (Lipinski definition) is 3. The molecular formula is C8H14O3. The van der Waals surface area contributed by atoms with Gasteiger partial charge in [-0.25, -0.2) is 0 Å². The van der Waals surface area contributed by atoms with Crippen LogP contribution in [0.25, 0.3) is 0 Å². The fourth-order valence-electron chi connectivity index (χ4n) is 1.00. The van der Waals surface area contributed by atoms with Crippen LogP contribution in [0.4, 0.5) is 0 Å². The fraction of sp³-hybridized carbons (Fsp3) is 0.875. The molecule has 64 valence electrons. The van der Waals surface area contributed by atoms with Crippen LogP contribution >= 0.6 is 0 Å². The summed E-state index contributed by atoms with van der Waals surface area (Å²) in [6, 6.07) is 0. The van der Waals surface area contributed by atoms with E-state index in [2.05, 4.69) is 6.92 Å². The zero-order valence-electron chi connectivity index (χ0n) is 7.00. The van der Waals surface area contributed by atoms with Crippen LogP contribution in [0.5, 0.6) is 0 Å². The quantitative estimate of drug-likeness (QED) is 0.459. The molecule has 0 aliphatic carbocycles. The van der Waals surface area contributed by atoms with Crippen LogP contribution in [0.15, 0.2) is 0 Å². The smallest absolute Gasteiger partial charge is 0.305 e. The lowest BCUT2D eigenvalue weighted by Crippen LogP contribution is -2.04. The third kappa shape index (κ3) is 2.89. The molecule has 11 heavy (non-hydrogen) atoms. The summed E-state index contributed by atoms with van der Waals surface area (Å²) in [5.74, 6) is -0.256. The van der Waals surface area contributed by atoms with Gasteiger partial charge in [0, 0.05) is 6.92 Å². The van der Waals surface area contributed by atoms with Crippen LogP contribution in [-0.2, 0) is 14.3 Å². The van der Waals surface area contributed by atoms with Gasteiger partial charge < -0.3 is 9.47 Å². The molecule has 3 heteroatoms.